The Balaban J connectivity index is 2.24. The minimum atomic E-state index is -0.0587. The van der Waals surface area contributed by atoms with Crippen molar-refractivity contribution in [3.63, 3.8) is 0 Å². The number of nitrogens with zero attached hydrogens (tertiary/aromatic N) is 2. The third-order valence-electron chi connectivity index (χ3n) is 5.04. The predicted molar refractivity (Wildman–Crippen MR) is 105 cm³/mol. The number of rotatable bonds is 4. The van der Waals surface area contributed by atoms with E-state index in [-0.39, 0.29) is 25.0 Å². The van der Waals surface area contributed by atoms with Crippen molar-refractivity contribution in [2.24, 2.45) is 0 Å². The van der Waals surface area contributed by atoms with Crippen molar-refractivity contribution >= 4 is 23.1 Å². The fraction of sp³-hybridized carbons (Fsp3) is 0.429. The van der Waals surface area contributed by atoms with Crippen LogP contribution >= 0.6 is 0 Å². The number of pyridine rings is 1. The first-order valence-electron chi connectivity index (χ1n) is 9.13. The number of carbonyl (C=O) groups is 1. The van der Waals surface area contributed by atoms with Crippen molar-refractivity contribution in [3.05, 3.63) is 46.1 Å². The van der Waals surface area contributed by atoms with Gasteiger partial charge in [0.15, 0.2) is 5.82 Å². The summed E-state index contributed by atoms with van der Waals surface area (Å²) in [5.41, 5.74) is 7.06. The summed E-state index contributed by atoms with van der Waals surface area (Å²) in [5, 5.41) is 12.8. The quantitative estimate of drug-likeness (QED) is 0.875. The Bertz CT molecular complexity index is 834. The highest BCUT2D eigenvalue weighted by Gasteiger charge is 2.30. The van der Waals surface area contributed by atoms with Gasteiger partial charge in [-0.3, -0.25) is 4.79 Å². The van der Waals surface area contributed by atoms with Crippen LogP contribution in [0.2, 0.25) is 0 Å². The summed E-state index contributed by atoms with van der Waals surface area (Å²) in [4.78, 5) is 19.3. The first kappa shape index (κ1) is 18.4. The van der Waals surface area contributed by atoms with Crippen LogP contribution in [0.3, 0.4) is 0 Å². The van der Waals surface area contributed by atoms with Gasteiger partial charge in [-0.25, -0.2) is 4.98 Å². The number of anilines is 3. The first-order chi connectivity index (χ1) is 12.3. The molecule has 0 spiro atoms. The van der Waals surface area contributed by atoms with Gasteiger partial charge >= 0.3 is 0 Å². The topological polar surface area (TPSA) is 65.5 Å². The molecule has 2 heterocycles. The number of aryl methyl sites for hydroxylation is 4. The van der Waals surface area contributed by atoms with Gasteiger partial charge in [-0.2, -0.15) is 0 Å². The van der Waals surface area contributed by atoms with E-state index in [0.717, 1.165) is 46.0 Å². The third-order valence-corrected chi connectivity index (χ3v) is 5.04. The number of aromatic nitrogens is 1. The number of nitrogens with one attached hydrogen (secondary N) is 1. The number of benzene rings is 1. The minimum Gasteiger partial charge on any atom is -0.396 e. The van der Waals surface area contributed by atoms with Crippen LogP contribution in [-0.2, 0) is 4.79 Å². The Morgan fingerprint density at radius 3 is 2.42 bits per heavy atom. The molecule has 26 heavy (non-hydrogen) atoms. The summed E-state index contributed by atoms with van der Waals surface area (Å²) in [6.45, 7) is 10.5. The summed E-state index contributed by atoms with van der Waals surface area (Å²) < 4.78 is 0. The SMILES string of the molecule is CCC(CO)c1cc(C)nc2c1NC(=O)CN2c1c(C)cc(C)cc1C. The molecule has 0 radical (unpaired) electrons. The summed E-state index contributed by atoms with van der Waals surface area (Å²) in [6, 6.07) is 6.24. The molecule has 0 saturated carbocycles. The maximum absolute atomic E-state index is 12.5. The molecule has 5 nitrogen and oxygen atoms in total. The Kier molecular flexibility index (Phi) is 5.01. The smallest absolute Gasteiger partial charge is 0.244 e. The Labute approximate surface area is 155 Å². The monoisotopic (exact) mass is 353 g/mol. The number of aliphatic hydroxyl groups excluding tert-OH is 1. The molecular formula is C21H27N3O2. The van der Waals surface area contributed by atoms with Gasteiger partial charge in [0.1, 0.15) is 6.54 Å². The first-order valence-corrected chi connectivity index (χ1v) is 9.13. The molecule has 1 amide bonds. The summed E-state index contributed by atoms with van der Waals surface area (Å²) in [5.74, 6) is 0.684. The Morgan fingerprint density at radius 1 is 1.19 bits per heavy atom. The molecule has 0 bridgehead atoms. The number of hydrogen-bond donors (Lipinski definition) is 2. The van der Waals surface area contributed by atoms with E-state index in [0.29, 0.717) is 0 Å². The summed E-state index contributed by atoms with van der Waals surface area (Å²) in [7, 11) is 0. The molecule has 1 aliphatic heterocycles. The second-order valence-electron chi connectivity index (χ2n) is 7.22. The average Bonchev–Trinajstić information content (AvgIpc) is 2.55. The maximum Gasteiger partial charge on any atom is 0.244 e. The zero-order valence-corrected chi connectivity index (χ0v) is 16.2. The van der Waals surface area contributed by atoms with Gasteiger partial charge in [0.25, 0.3) is 0 Å². The lowest BCUT2D eigenvalue weighted by Gasteiger charge is -2.34. The molecule has 1 aliphatic rings. The molecule has 1 aromatic carbocycles. The Morgan fingerprint density at radius 2 is 1.85 bits per heavy atom. The van der Waals surface area contributed by atoms with Crippen molar-refractivity contribution in [2.75, 3.05) is 23.4 Å². The molecule has 1 unspecified atom stereocenters. The lowest BCUT2D eigenvalue weighted by Crippen LogP contribution is -2.37. The van der Waals surface area contributed by atoms with E-state index in [1.165, 1.54) is 5.56 Å². The van der Waals surface area contributed by atoms with Crippen molar-refractivity contribution in [1.82, 2.24) is 4.98 Å². The highest BCUT2D eigenvalue weighted by molar-refractivity contribution is 6.03. The van der Waals surface area contributed by atoms with Gasteiger partial charge in [-0.05, 0) is 56.9 Å². The predicted octanol–water partition coefficient (Wildman–Crippen LogP) is 3.89. The van der Waals surface area contributed by atoms with Crippen LogP contribution in [0.15, 0.2) is 18.2 Å². The van der Waals surface area contributed by atoms with E-state index in [2.05, 4.69) is 38.2 Å². The standard InChI is InChI=1S/C21H27N3O2/c1-6-16(11-25)17-9-15(5)22-21-19(17)23-18(26)10-24(21)20-13(3)7-12(2)8-14(20)4/h7-9,16,25H,6,10-11H2,1-5H3,(H,23,26). The van der Waals surface area contributed by atoms with Crippen LogP contribution in [0, 0.1) is 27.7 Å². The molecule has 2 N–H and O–H groups in total. The lowest BCUT2D eigenvalue weighted by molar-refractivity contribution is -0.115. The van der Waals surface area contributed by atoms with Gasteiger partial charge < -0.3 is 15.3 Å². The molecule has 138 valence electrons. The van der Waals surface area contributed by atoms with Gasteiger partial charge in [-0.1, -0.05) is 24.6 Å². The number of amides is 1. The second-order valence-corrected chi connectivity index (χ2v) is 7.22. The van der Waals surface area contributed by atoms with E-state index in [1.54, 1.807) is 0 Å². The van der Waals surface area contributed by atoms with Crippen molar-refractivity contribution in [1.29, 1.82) is 0 Å². The molecule has 5 heteroatoms. The van der Waals surface area contributed by atoms with Crippen LogP contribution in [0.25, 0.3) is 0 Å². The number of fused-ring (bicyclic) bond motifs is 1. The highest BCUT2D eigenvalue weighted by Crippen LogP contribution is 2.41. The van der Waals surface area contributed by atoms with Crippen LogP contribution in [0.1, 0.15) is 47.2 Å². The number of hydrogen-bond acceptors (Lipinski definition) is 4. The zero-order chi connectivity index (χ0) is 19.0. The zero-order valence-electron chi connectivity index (χ0n) is 16.2. The lowest BCUT2D eigenvalue weighted by atomic mass is 9.94. The van der Waals surface area contributed by atoms with Crippen molar-refractivity contribution in [3.8, 4) is 0 Å². The van der Waals surface area contributed by atoms with Crippen LogP contribution in [0.4, 0.5) is 17.2 Å². The highest BCUT2D eigenvalue weighted by atomic mass is 16.3. The molecule has 0 saturated heterocycles. The number of carbonyl (C=O) groups excluding carboxylic acids is 1. The molecule has 1 atom stereocenters. The summed E-state index contributed by atoms with van der Waals surface area (Å²) >= 11 is 0. The summed E-state index contributed by atoms with van der Waals surface area (Å²) in [6.07, 6.45) is 0.796. The van der Waals surface area contributed by atoms with Crippen LogP contribution in [-0.4, -0.2) is 29.1 Å². The van der Waals surface area contributed by atoms with Crippen molar-refractivity contribution < 1.29 is 9.90 Å². The maximum atomic E-state index is 12.5. The van der Waals surface area contributed by atoms with Gasteiger partial charge in [0.2, 0.25) is 5.91 Å². The van der Waals surface area contributed by atoms with Crippen LogP contribution < -0.4 is 10.2 Å². The van der Waals surface area contributed by atoms with Gasteiger partial charge in [0, 0.05) is 23.9 Å². The average molecular weight is 353 g/mol. The normalized spacial score (nSPS) is 14.8. The largest absolute Gasteiger partial charge is 0.396 e. The fourth-order valence-corrected chi connectivity index (χ4v) is 3.95. The minimum absolute atomic E-state index is 0.0223. The fourth-order valence-electron chi connectivity index (χ4n) is 3.95. The number of aliphatic hydroxyl groups is 1. The van der Waals surface area contributed by atoms with E-state index >= 15 is 0 Å². The van der Waals surface area contributed by atoms with E-state index in [4.69, 9.17) is 4.98 Å². The molecule has 3 rings (SSSR count). The van der Waals surface area contributed by atoms with Gasteiger partial charge in [-0.15, -0.1) is 0 Å². The Hall–Kier alpha value is -2.40. The van der Waals surface area contributed by atoms with E-state index in [9.17, 15) is 9.90 Å². The van der Waals surface area contributed by atoms with Gasteiger partial charge in [0.05, 0.1) is 5.69 Å². The van der Waals surface area contributed by atoms with E-state index < -0.39 is 0 Å². The third kappa shape index (κ3) is 3.19. The second kappa shape index (κ2) is 7.08. The molecule has 2 aromatic rings. The van der Waals surface area contributed by atoms with Crippen LogP contribution in [0.5, 0.6) is 0 Å². The molecule has 0 fully saturated rings. The molecular weight excluding hydrogens is 326 g/mol. The molecule has 1 aromatic heterocycles. The van der Waals surface area contributed by atoms with E-state index in [1.807, 2.05) is 24.8 Å². The van der Waals surface area contributed by atoms with Crippen molar-refractivity contribution in [2.45, 2.75) is 47.0 Å². The molecule has 0 aliphatic carbocycles.